The number of hydrogen-bond acceptors (Lipinski definition) is 3. The zero-order chi connectivity index (χ0) is 13.9. The average molecular weight is 259 g/mol. The van der Waals surface area contributed by atoms with Gasteiger partial charge in [-0.2, -0.15) is 0 Å². The first-order valence-electron chi connectivity index (χ1n) is 6.11. The van der Waals surface area contributed by atoms with E-state index in [9.17, 15) is 9.90 Å². The molecule has 4 heteroatoms. The number of rotatable bonds is 4. The summed E-state index contributed by atoms with van der Waals surface area (Å²) < 4.78 is 5.50. The third kappa shape index (κ3) is 3.69. The van der Waals surface area contributed by atoms with Gasteiger partial charge in [0.2, 0.25) is 0 Å². The highest BCUT2D eigenvalue weighted by Gasteiger charge is 2.17. The van der Waals surface area contributed by atoms with E-state index in [0.717, 1.165) is 5.56 Å². The van der Waals surface area contributed by atoms with Crippen molar-refractivity contribution in [3.05, 3.63) is 48.2 Å². The quantitative estimate of drug-likeness (QED) is 0.886. The number of furan rings is 1. The lowest BCUT2D eigenvalue weighted by Gasteiger charge is -2.16. The maximum absolute atomic E-state index is 11.8. The Morgan fingerprint density at radius 1 is 1.21 bits per heavy atom. The average Bonchev–Trinajstić information content (AvgIpc) is 2.86. The van der Waals surface area contributed by atoms with Crippen LogP contribution in [0.15, 0.2) is 46.9 Å². The molecule has 0 spiro atoms. The predicted octanol–water partition coefficient (Wildman–Crippen LogP) is 2.45. The van der Waals surface area contributed by atoms with E-state index in [0.29, 0.717) is 5.76 Å². The fraction of sp³-hybridized carbons (Fsp3) is 0.267. The van der Waals surface area contributed by atoms with E-state index < -0.39 is 5.60 Å². The highest BCUT2D eigenvalue weighted by molar-refractivity contribution is 5.92. The third-order valence-corrected chi connectivity index (χ3v) is 2.57. The van der Waals surface area contributed by atoms with Crippen molar-refractivity contribution in [2.45, 2.75) is 19.4 Å². The summed E-state index contributed by atoms with van der Waals surface area (Å²) in [5.41, 5.74) is -0.0196. The van der Waals surface area contributed by atoms with E-state index in [2.05, 4.69) is 5.32 Å². The maximum Gasteiger partial charge on any atom is 0.287 e. The second-order valence-corrected chi connectivity index (χ2v) is 5.03. The molecule has 0 saturated carbocycles. The number of hydrogen-bond donors (Lipinski definition) is 2. The Labute approximate surface area is 112 Å². The summed E-state index contributed by atoms with van der Waals surface area (Å²) in [5.74, 6) is 0.557. The summed E-state index contributed by atoms with van der Waals surface area (Å²) in [5, 5.41) is 12.2. The summed E-state index contributed by atoms with van der Waals surface area (Å²) in [6, 6.07) is 13.0. The second kappa shape index (κ2) is 5.28. The molecule has 1 amide bonds. The smallest absolute Gasteiger partial charge is 0.287 e. The van der Waals surface area contributed by atoms with Crippen molar-refractivity contribution >= 4 is 5.91 Å². The van der Waals surface area contributed by atoms with Gasteiger partial charge in [-0.15, -0.1) is 0 Å². The zero-order valence-corrected chi connectivity index (χ0v) is 11.0. The Morgan fingerprint density at radius 2 is 1.89 bits per heavy atom. The molecular weight excluding hydrogens is 242 g/mol. The minimum atomic E-state index is -0.940. The van der Waals surface area contributed by atoms with Gasteiger partial charge < -0.3 is 14.8 Å². The van der Waals surface area contributed by atoms with Crippen LogP contribution in [0.1, 0.15) is 24.4 Å². The maximum atomic E-state index is 11.8. The van der Waals surface area contributed by atoms with Gasteiger partial charge in [0.05, 0.1) is 5.60 Å². The molecule has 2 rings (SSSR count). The fourth-order valence-corrected chi connectivity index (χ4v) is 1.60. The first-order chi connectivity index (χ1) is 8.96. The van der Waals surface area contributed by atoms with Gasteiger partial charge in [0.25, 0.3) is 5.91 Å². The Morgan fingerprint density at radius 3 is 2.53 bits per heavy atom. The summed E-state index contributed by atoms with van der Waals surface area (Å²) in [4.78, 5) is 11.8. The van der Waals surface area contributed by atoms with E-state index >= 15 is 0 Å². The molecule has 2 aromatic rings. The van der Waals surface area contributed by atoms with E-state index in [1.165, 1.54) is 0 Å². The Kier molecular flexibility index (Phi) is 3.71. The van der Waals surface area contributed by atoms with E-state index in [-0.39, 0.29) is 18.2 Å². The number of carbonyl (C=O) groups is 1. The fourth-order valence-electron chi connectivity index (χ4n) is 1.60. The molecule has 1 aromatic heterocycles. The topological polar surface area (TPSA) is 62.5 Å². The number of amides is 1. The van der Waals surface area contributed by atoms with Gasteiger partial charge in [0.15, 0.2) is 5.76 Å². The van der Waals surface area contributed by atoms with Crippen molar-refractivity contribution in [1.29, 1.82) is 0 Å². The molecule has 0 aliphatic heterocycles. The second-order valence-electron chi connectivity index (χ2n) is 5.03. The van der Waals surface area contributed by atoms with Crippen molar-refractivity contribution in [1.82, 2.24) is 5.32 Å². The summed E-state index contributed by atoms with van der Waals surface area (Å²) >= 11 is 0. The van der Waals surface area contributed by atoms with Crippen molar-refractivity contribution < 1.29 is 14.3 Å². The number of aliphatic hydroxyl groups is 1. The van der Waals surface area contributed by atoms with Crippen molar-refractivity contribution in [2.24, 2.45) is 0 Å². The van der Waals surface area contributed by atoms with E-state index in [4.69, 9.17) is 4.42 Å². The standard InChI is InChI=1S/C15H17NO3/c1-15(2,18)10-16-14(17)13-9-8-12(19-13)11-6-4-3-5-7-11/h3-9,18H,10H2,1-2H3,(H,16,17). The monoisotopic (exact) mass is 259 g/mol. The first-order valence-corrected chi connectivity index (χ1v) is 6.11. The largest absolute Gasteiger partial charge is 0.451 e. The molecular formula is C15H17NO3. The van der Waals surface area contributed by atoms with Gasteiger partial charge in [-0.1, -0.05) is 30.3 Å². The van der Waals surface area contributed by atoms with Gasteiger partial charge in [-0.05, 0) is 26.0 Å². The van der Waals surface area contributed by atoms with Crippen LogP contribution in [0.25, 0.3) is 11.3 Å². The lowest BCUT2D eigenvalue weighted by molar-refractivity contribution is 0.0681. The molecule has 100 valence electrons. The summed E-state index contributed by atoms with van der Waals surface area (Å²) in [6.07, 6.45) is 0. The van der Waals surface area contributed by atoms with Crippen LogP contribution < -0.4 is 5.32 Å². The Bertz CT molecular complexity index is 552. The molecule has 0 aliphatic rings. The molecule has 0 unspecified atom stereocenters. The lowest BCUT2D eigenvalue weighted by Crippen LogP contribution is -2.38. The van der Waals surface area contributed by atoms with Crippen LogP contribution in [-0.4, -0.2) is 23.2 Å². The number of nitrogens with one attached hydrogen (secondary N) is 1. The minimum Gasteiger partial charge on any atom is -0.451 e. The van der Waals surface area contributed by atoms with Crippen LogP contribution in [-0.2, 0) is 0 Å². The molecule has 1 heterocycles. The van der Waals surface area contributed by atoms with Crippen LogP contribution in [0, 0.1) is 0 Å². The molecule has 0 fully saturated rings. The molecule has 0 aliphatic carbocycles. The van der Waals surface area contributed by atoms with Crippen molar-refractivity contribution in [2.75, 3.05) is 6.54 Å². The lowest BCUT2D eigenvalue weighted by atomic mass is 10.1. The van der Waals surface area contributed by atoms with E-state index in [1.54, 1.807) is 26.0 Å². The van der Waals surface area contributed by atoms with Crippen LogP contribution >= 0.6 is 0 Å². The zero-order valence-electron chi connectivity index (χ0n) is 11.0. The Balaban J connectivity index is 2.07. The Hall–Kier alpha value is -2.07. The van der Waals surface area contributed by atoms with Gasteiger partial charge in [-0.25, -0.2) is 0 Å². The third-order valence-electron chi connectivity index (χ3n) is 2.57. The van der Waals surface area contributed by atoms with Crippen LogP contribution in [0.3, 0.4) is 0 Å². The van der Waals surface area contributed by atoms with Gasteiger partial charge in [0, 0.05) is 12.1 Å². The molecule has 2 N–H and O–H groups in total. The van der Waals surface area contributed by atoms with Crippen LogP contribution in [0.2, 0.25) is 0 Å². The molecule has 1 aromatic carbocycles. The van der Waals surface area contributed by atoms with Crippen molar-refractivity contribution in [3.8, 4) is 11.3 Å². The normalized spacial score (nSPS) is 11.3. The van der Waals surface area contributed by atoms with Crippen molar-refractivity contribution in [3.63, 3.8) is 0 Å². The van der Waals surface area contributed by atoms with Crippen LogP contribution in [0.5, 0.6) is 0 Å². The SMILES string of the molecule is CC(C)(O)CNC(=O)c1ccc(-c2ccccc2)o1. The highest BCUT2D eigenvalue weighted by Crippen LogP contribution is 2.21. The molecule has 0 saturated heterocycles. The highest BCUT2D eigenvalue weighted by atomic mass is 16.4. The van der Waals surface area contributed by atoms with Gasteiger partial charge >= 0.3 is 0 Å². The molecule has 4 nitrogen and oxygen atoms in total. The van der Waals surface area contributed by atoms with Gasteiger partial charge in [-0.3, -0.25) is 4.79 Å². The number of benzene rings is 1. The summed E-state index contributed by atoms with van der Waals surface area (Å²) in [7, 11) is 0. The molecule has 0 bridgehead atoms. The molecule has 0 radical (unpaired) electrons. The summed E-state index contributed by atoms with van der Waals surface area (Å²) in [6.45, 7) is 3.43. The van der Waals surface area contributed by atoms with Gasteiger partial charge in [0.1, 0.15) is 5.76 Å². The van der Waals surface area contributed by atoms with Crippen LogP contribution in [0.4, 0.5) is 0 Å². The number of carbonyl (C=O) groups excluding carboxylic acids is 1. The molecule has 19 heavy (non-hydrogen) atoms. The molecule has 0 atom stereocenters. The predicted molar refractivity (Wildman–Crippen MR) is 72.8 cm³/mol. The first kappa shape index (κ1) is 13.4. The minimum absolute atomic E-state index is 0.174. The van der Waals surface area contributed by atoms with E-state index in [1.807, 2.05) is 30.3 Å².